The molecule has 0 bridgehead atoms. The van der Waals surface area contributed by atoms with Crippen LogP contribution in [0.25, 0.3) is 0 Å². The highest BCUT2D eigenvalue weighted by atomic mass is 16.5. The number of methoxy groups -OCH3 is 1. The predicted octanol–water partition coefficient (Wildman–Crippen LogP) is 3.16. The van der Waals surface area contributed by atoms with E-state index >= 15 is 0 Å². The number of aliphatic imine (C=N–C) groups is 1. The largest absolute Gasteiger partial charge is 0.497 e. The summed E-state index contributed by atoms with van der Waals surface area (Å²) in [6.07, 6.45) is 2.68. The minimum absolute atomic E-state index is 0.721. The summed E-state index contributed by atoms with van der Waals surface area (Å²) in [5, 5.41) is 6.72. The van der Waals surface area contributed by atoms with Crippen molar-refractivity contribution in [2.75, 3.05) is 27.2 Å². The van der Waals surface area contributed by atoms with Crippen LogP contribution in [-0.2, 0) is 19.6 Å². The number of hydrogen-bond donors (Lipinski definition) is 2. The molecule has 0 aliphatic carbocycles. The quantitative estimate of drug-likeness (QED) is 0.584. The second-order valence-electron chi connectivity index (χ2n) is 6.93. The summed E-state index contributed by atoms with van der Waals surface area (Å²) in [6.45, 7) is 5.02. The summed E-state index contributed by atoms with van der Waals surface area (Å²) in [4.78, 5) is 6.83. The lowest BCUT2D eigenvalue weighted by molar-refractivity contribution is 0.331. The molecule has 2 aromatic carbocycles. The third-order valence-electron chi connectivity index (χ3n) is 4.93. The Morgan fingerprint density at radius 3 is 1.93 bits per heavy atom. The second-order valence-corrected chi connectivity index (χ2v) is 6.93. The van der Waals surface area contributed by atoms with Gasteiger partial charge in [-0.05, 0) is 54.8 Å². The van der Waals surface area contributed by atoms with Crippen molar-refractivity contribution in [3.8, 4) is 5.75 Å². The van der Waals surface area contributed by atoms with Crippen molar-refractivity contribution in [2.24, 2.45) is 4.99 Å². The zero-order valence-corrected chi connectivity index (χ0v) is 16.4. The summed E-state index contributed by atoms with van der Waals surface area (Å²) in [7, 11) is 3.47. The van der Waals surface area contributed by atoms with Crippen LogP contribution < -0.4 is 15.4 Å². The van der Waals surface area contributed by atoms with Gasteiger partial charge < -0.3 is 15.4 Å². The molecule has 0 unspecified atom stereocenters. The first-order chi connectivity index (χ1) is 13.3. The normalized spacial score (nSPS) is 15.0. The molecule has 1 fully saturated rings. The molecule has 1 aliphatic heterocycles. The Kier molecular flexibility index (Phi) is 7.11. The Morgan fingerprint density at radius 2 is 1.41 bits per heavy atom. The molecule has 3 rings (SSSR count). The number of guanidine groups is 1. The SMILES string of the molecule is CN=C(NCc1ccc(CN2CCCC2)cc1)NCc1ccc(OC)cc1. The van der Waals surface area contributed by atoms with E-state index in [2.05, 4.69) is 56.9 Å². The van der Waals surface area contributed by atoms with Crippen molar-refractivity contribution in [1.82, 2.24) is 15.5 Å². The maximum Gasteiger partial charge on any atom is 0.191 e. The molecule has 0 spiro atoms. The molecule has 144 valence electrons. The van der Waals surface area contributed by atoms with Gasteiger partial charge >= 0.3 is 0 Å². The molecule has 2 N–H and O–H groups in total. The molecule has 0 amide bonds. The molecular weight excluding hydrogens is 336 g/mol. The van der Waals surface area contributed by atoms with Gasteiger partial charge in [-0.1, -0.05) is 36.4 Å². The number of likely N-dealkylation sites (tertiary alicyclic amines) is 1. The highest BCUT2D eigenvalue weighted by molar-refractivity contribution is 5.79. The molecule has 0 saturated carbocycles. The fraction of sp³-hybridized carbons (Fsp3) is 0.409. The second kappa shape index (κ2) is 9.97. The standard InChI is InChI=1S/C22H30N4O/c1-23-22(25-16-19-9-11-21(27-2)12-10-19)24-15-18-5-7-20(8-6-18)17-26-13-3-4-14-26/h5-12H,3-4,13-17H2,1-2H3,(H2,23,24,25). The van der Waals surface area contributed by atoms with E-state index in [0.717, 1.165) is 31.3 Å². The Bertz CT molecular complexity index is 719. The van der Waals surface area contributed by atoms with Gasteiger partial charge in [0.15, 0.2) is 5.96 Å². The van der Waals surface area contributed by atoms with Crippen molar-refractivity contribution < 1.29 is 4.74 Å². The molecular formula is C22H30N4O. The first-order valence-electron chi connectivity index (χ1n) is 9.64. The summed E-state index contributed by atoms with van der Waals surface area (Å²) in [5.74, 6) is 1.67. The Labute approximate surface area is 162 Å². The summed E-state index contributed by atoms with van der Waals surface area (Å²) in [6, 6.07) is 16.9. The van der Waals surface area contributed by atoms with Crippen LogP contribution in [0.1, 0.15) is 29.5 Å². The lowest BCUT2D eigenvalue weighted by atomic mass is 10.1. The van der Waals surface area contributed by atoms with Crippen LogP contribution in [0.4, 0.5) is 0 Å². The molecule has 1 heterocycles. The van der Waals surface area contributed by atoms with Crippen molar-refractivity contribution in [3.63, 3.8) is 0 Å². The van der Waals surface area contributed by atoms with Gasteiger partial charge in [0, 0.05) is 26.7 Å². The van der Waals surface area contributed by atoms with E-state index in [4.69, 9.17) is 4.74 Å². The minimum Gasteiger partial charge on any atom is -0.497 e. The molecule has 1 saturated heterocycles. The van der Waals surface area contributed by atoms with Crippen LogP contribution in [0.5, 0.6) is 5.75 Å². The van der Waals surface area contributed by atoms with Crippen LogP contribution in [0.3, 0.4) is 0 Å². The van der Waals surface area contributed by atoms with Gasteiger partial charge in [-0.2, -0.15) is 0 Å². The molecule has 0 radical (unpaired) electrons. The highest BCUT2D eigenvalue weighted by Crippen LogP contribution is 2.13. The molecule has 1 aliphatic rings. The molecule has 0 atom stereocenters. The van der Waals surface area contributed by atoms with E-state index < -0.39 is 0 Å². The third kappa shape index (κ3) is 6.00. The lowest BCUT2D eigenvalue weighted by Gasteiger charge is -2.15. The van der Waals surface area contributed by atoms with E-state index in [1.54, 1.807) is 14.2 Å². The van der Waals surface area contributed by atoms with E-state index in [9.17, 15) is 0 Å². The summed E-state index contributed by atoms with van der Waals surface area (Å²) < 4.78 is 5.19. The molecule has 27 heavy (non-hydrogen) atoms. The molecule has 5 heteroatoms. The number of hydrogen-bond acceptors (Lipinski definition) is 3. The average Bonchev–Trinajstić information content (AvgIpc) is 3.23. The van der Waals surface area contributed by atoms with Crippen LogP contribution >= 0.6 is 0 Å². The van der Waals surface area contributed by atoms with Crippen LogP contribution in [0, 0.1) is 0 Å². The van der Waals surface area contributed by atoms with Crippen molar-refractivity contribution in [2.45, 2.75) is 32.5 Å². The van der Waals surface area contributed by atoms with E-state index in [0.29, 0.717) is 0 Å². The van der Waals surface area contributed by atoms with Gasteiger partial charge in [0.2, 0.25) is 0 Å². The zero-order valence-electron chi connectivity index (χ0n) is 16.4. The maximum atomic E-state index is 5.19. The van der Waals surface area contributed by atoms with E-state index in [-0.39, 0.29) is 0 Å². The summed E-state index contributed by atoms with van der Waals surface area (Å²) >= 11 is 0. The van der Waals surface area contributed by atoms with Gasteiger partial charge in [-0.3, -0.25) is 9.89 Å². The Balaban J connectivity index is 1.44. The highest BCUT2D eigenvalue weighted by Gasteiger charge is 2.11. The predicted molar refractivity (Wildman–Crippen MR) is 111 cm³/mol. The average molecular weight is 367 g/mol. The van der Waals surface area contributed by atoms with Crippen LogP contribution in [-0.4, -0.2) is 38.1 Å². The Hall–Kier alpha value is -2.53. The molecule has 0 aromatic heterocycles. The third-order valence-corrected chi connectivity index (χ3v) is 4.93. The Morgan fingerprint density at radius 1 is 0.889 bits per heavy atom. The monoisotopic (exact) mass is 366 g/mol. The number of benzene rings is 2. The van der Waals surface area contributed by atoms with E-state index in [1.165, 1.54) is 42.6 Å². The first kappa shape index (κ1) is 19.2. The van der Waals surface area contributed by atoms with Crippen LogP contribution in [0.2, 0.25) is 0 Å². The lowest BCUT2D eigenvalue weighted by Crippen LogP contribution is -2.36. The van der Waals surface area contributed by atoms with Gasteiger partial charge in [0.05, 0.1) is 7.11 Å². The zero-order chi connectivity index (χ0) is 18.9. The van der Waals surface area contributed by atoms with E-state index in [1.807, 2.05) is 12.1 Å². The molecule has 5 nitrogen and oxygen atoms in total. The molecule has 2 aromatic rings. The number of ether oxygens (including phenoxy) is 1. The fourth-order valence-corrected chi connectivity index (χ4v) is 3.30. The number of nitrogens with one attached hydrogen (secondary N) is 2. The van der Waals surface area contributed by atoms with Gasteiger partial charge in [0.25, 0.3) is 0 Å². The van der Waals surface area contributed by atoms with Gasteiger partial charge in [-0.25, -0.2) is 0 Å². The van der Waals surface area contributed by atoms with Gasteiger partial charge in [-0.15, -0.1) is 0 Å². The summed E-state index contributed by atoms with van der Waals surface area (Å²) in [5.41, 5.74) is 3.83. The topological polar surface area (TPSA) is 48.9 Å². The minimum atomic E-state index is 0.721. The van der Waals surface area contributed by atoms with Crippen molar-refractivity contribution in [1.29, 1.82) is 0 Å². The van der Waals surface area contributed by atoms with Crippen molar-refractivity contribution >= 4 is 5.96 Å². The smallest absolute Gasteiger partial charge is 0.191 e. The maximum absolute atomic E-state index is 5.19. The number of rotatable bonds is 7. The van der Waals surface area contributed by atoms with Crippen LogP contribution in [0.15, 0.2) is 53.5 Å². The van der Waals surface area contributed by atoms with Crippen molar-refractivity contribution in [3.05, 3.63) is 65.2 Å². The fourth-order valence-electron chi connectivity index (χ4n) is 3.30. The first-order valence-corrected chi connectivity index (χ1v) is 9.64. The number of nitrogens with zero attached hydrogens (tertiary/aromatic N) is 2. The van der Waals surface area contributed by atoms with Gasteiger partial charge in [0.1, 0.15) is 5.75 Å².